The van der Waals surface area contributed by atoms with Crippen LogP contribution < -0.4 is 10.6 Å². The average Bonchev–Trinajstić information content (AvgIpc) is 2.60. The van der Waals surface area contributed by atoms with Crippen LogP contribution in [0, 0.1) is 0 Å². The minimum atomic E-state index is 0. The summed E-state index contributed by atoms with van der Waals surface area (Å²) >= 11 is 7.83. The van der Waals surface area contributed by atoms with Crippen LogP contribution in [0.1, 0.15) is 18.4 Å². The molecule has 0 unspecified atom stereocenters. The zero-order valence-corrected chi connectivity index (χ0v) is 18.2. The second kappa shape index (κ2) is 11.4. The van der Waals surface area contributed by atoms with E-state index in [-0.39, 0.29) is 28.7 Å². The van der Waals surface area contributed by atoms with Gasteiger partial charge in [-0.15, -0.1) is 24.0 Å². The van der Waals surface area contributed by atoms with Crippen molar-refractivity contribution in [3.63, 3.8) is 0 Å². The molecule has 0 aliphatic carbocycles. The Balaban J connectivity index is 0.00000288. The van der Waals surface area contributed by atoms with Crippen molar-refractivity contribution in [2.45, 2.75) is 24.0 Å². The van der Waals surface area contributed by atoms with Gasteiger partial charge in [0.2, 0.25) is 0 Å². The molecule has 1 saturated heterocycles. The first-order chi connectivity index (χ1) is 11.2. The van der Waals surface area contributed by atoms with Crippen LogP contribution in [0.15, 0.2) is 29.3 Å². The highest BCUT2D eigenvalue weighted by Crippen LogP contribution is 2.32. The molecule has 7 heteroatoms. The fourth-order valence-corrected chi connectivity index (χ4v) is 3.56. The maximum absolute atomic E-state index is 5.90. The molecule has 1 fully saturated rings. The van der Waals surface area contributed by atoms with Crippen LogP contribution in [0.2, 0.25) is 5.02 Å². The Morgan fingerprint density at radius 3 is 2.50 bits per heavy atom. The van der Waals surface area contributed by atoms with Crippen molar-refractivity contribution < 1.29 is 4.74 Å². The standard InChI is InChI=1S/C17H26ClN3OS.HI/c1-19-16(20-10-7-14-3-5-15(18)6-4-14)21-13-17(23-2)8-11-22-12-9-17;/h3-6H,7-13H2,1-2H3,(H2,19,20,21);1H. The van der Waals surface area contributed by atoms with E-state index >= 15 is 0 Å². The SMILES string of the molecule is CN=C(NCCc1ccc(Cl)cc1)NCC1(SC)CCOCC1.I. The van der Waals surface area contributed by atoms with Crippen LogP contribution in [0.4, 0.5) is 0 Å². The highest BCUT2D eigenvalue weighted by molar-refractivity contribution is 14.0. The van der Waals surface area contributed by atoms with Crippen LogP contribution in [0.3, 0.4) is 0 Å². The van der Waals surface area contributed by atoms with Crippen molar-refractivity contribution in [3.05, 3.63) is 34.9 Å². The number of ether oxygens (including phenoxy) is 1. The molecular weight excluding hydrogens is 457 g/mol. The van der Waals surface area contributed by atoms with Crippen molar-refractivity contribution >= 4 is 53.3 Å². The van der Waals surface area contributed by atoms with Crippen LogP contribution in [0.5, 0.6) is 0 Å². The Bertz CT molecular complexity index is 507. The van der Waals surface area contributed by atoms with E-state index in [9.17, 15) is 0 Å². The lowest BCUT2D eigenvalue weighted by molar-refractivity contribution is 0.0783. The number of halogens is 2. The van der Waals surface area contributed by atoms with Gasteiger partial charge in [0, 0.05) is 43.1 Å². The summed E-state index contributed by atoms with van der Waals surface area (Å²) in [6.45, 7) is 3.46. The van der Waals surface area contributed by atoms with Crippen molar-refractivity contribution in [2.24, 2.45) is 4.99 Å². The van der Waals surface area contributed by atoms with Crippen molar-refractivity contribution in [1.29, 1.82) is 0 Å². The van der Waals surface area contributed by atoms with Crippen LogP contribution in [0.25, 0.3) is 0 Å². The van der Waals surface area contributed by atoms with Crippen molar-refractivity contribution in [1.82, 2.24) is 10.6 Å². The summed E-state index contributed by atoms with van der Waals surface area (Å²) in [5, 5.41) is 7.62. The van der Waals surface area contributed by atoms with Gasteiger partial charge in [-0.1, -0.05) is 23.7 Å². The molecular formula is C17H27ClIN3OS. The molecule has 0 bridgehead atoms. The Morgan fingerprint density at radius 2 is 1.92 bits per heavy atom. The number of nitrogens with one attached hydrogen (secondary N) is 2. The summed E-state index contributed by atoms with van der Waals surface area (Å²) in [7, 11) is 1.81. The number of nitrogens with zero attached hydrogens (tertiary/aromatic N) is 1. The lowest BCUT2D eigenvalue weighted by atomic mass is 9.99. The highest BCUT2D eigenvalue weighted by atomic mass is 127. The molecule has 0 amide bonds. The minimum absolute atomic E-state index is 0. The number of rotatable bonds is 6. The maximum atomic E-state index is 5.90. The second-order valence-electron chi connectivity index (χ2n) is 5.73. The highest BCUT2D eigenvalue weighted by Gasteiger charge is 2.31. The summed E-state index contributed by atoms with van der Waals surface area (Å²) in [6.07, 6.45) is 5.30. The van der Waals surface area contributed by atoms with E-state index in [1.807, 2.05) is 30.9 Å². The van der Waals surface area contributed by atoms with Gasteiger partial charge in [-0.05, 0) is 43.2 Å². The normalized spacial score (nSPS) is 17.0. The third-order valence-electron chi connectivity index (χ3n) is 4.26. The molecule has 4 nitrogen and oxygen atoms in total. The molecule has 136 valence electrons. The smallest absolute Gasteiger partial charge is 0.191 e. The summed E-state index contributed by atoms with van der Waals surface area (Å²) < 4.78 is 5.74. The largest absolute Gasteiger partial charge is 0.381 e. The summed E-state index contributed by atoms with van der Waals surface area (Å²) in [4.78, 5) is 4.32. The average molecular weight is 484 g/mol. The van der Waals surface area contributed by atoms with E-state index in [0.717, 1.165) is 56.5 Å². The molecule has 1 aromatic rings. The minimum Gasteiger partial charge on any atom is -0.381 e. The monoisotopic (exact) mass is 483 g/mol. The topological polar surface area (TPSA) is 45.7 Å². The molecule has 2 N–H and O–H groups in total. The van der Waals surface area contributed by atoms with Gasteiger partial charge in [-0.3, -0.25) is 4.99 Å². The number of guanidine groups is 1. The van der Waals surface area contributed by atoms with E-state index in [4.69, 9.17) is 16.3 Å². The number of benzene rings is 1. The molecule has 0 radical (unpaired) electrons. The first kappa shape index (κ1) is 21.9. The predicted molar refractivity (Wildman–Crippen MR) is 116 cm³/mol. The maximum Gasteiger partial charge on any atom is 0.191 e. The molecule has 0 saturated carbocycles. The molecule has 2 rings (SSSR count). The second-order valence-corrected chi connectivity index (χ2v) is 7.44. The number of thioether (sulfide) groups is 1. The van der Waals surface area contributed by atoms with Gasteiger partial charge in [0.15, 0.2) is 5.96 Å². The zero-order valence-electron chi connectivity index (χ0n) is 14.3. The number of aliphatic imine (C=N–C) groups is 1. The van der Waals surface area contributed by atoms with E-state index in [2.05, 4.69) is 34.0 Å². The first-order valence-corrected chi connectivity index (χ1v) is 9.59. The van der Waals surface area contributed by atoms with E-state index in [1.54, 1.807) is 0 Å². The van der Waals surface area contributed by atoms with Crippen molar-refractivity contribution in [2.75, 3.05) is 39.6 Å². The summed E-state index contributed by atoms with van der Waals surface area (Å²) in [5.74, 6) is 0.860. The fourth-order valence-electron chi connectivity index (χ4n) is 2.64. The Hall–Kier alpha value is -0.180. The van der Waals surface area contributed by atoms with Crippen LogP contribution in [-0.2, 0) is 11.2 Å². The van der Waals surface area contributed by atoms with Gasteiger partial charge < -0.3 is 15.4 Å². The molecule has 0 aromatic heterocycles. The Kier molecular flexibility index (Phi) is 10.4. The van der Waals surface area contributed by atoms with Gasteiger partial charge in [0.25, 0.3) is 0 Å². The van der Waals surface area contributed by atoms with E-state index in [0.29, 0.717) is 0 Å². The zero-order chi connectivity index (χ0) is 16.5. The third-order valence-corrected chi connectivity index (χ3v) is 5.93. The first-order valence-electron chi connectivity index (χ1n) is 7.99. The molecule has 1 aromatic carbocycles. The van der Waals surface area contributed by atoms with Gasteiger partial charge in [-0.25, -0.2) is 0 Å². The Labute approximate surface area is 171 Å². The third kappa shape index (κ3) is 6.98. The van der Waals surface area contributed by atoms with Gasteiger partial charge in [0.05, 0.1) is 0 Å². The molecule has 24 heavy (non-hydrogen) atoms. The molecule has 0 atom stereocenters. The molecule has 1 heterocycles. The quantitative estimate of drug-likeness (QED) is 0.369. The van der Waals surface area contributed by atoms with E-state index in [1.165, 1.54) is 5.56 Å². The molecule has 1 aliphatic rings. The number of hydrogen-bond donors (Lipinski definition) is 2. The lowest BCUT2D eigenvalue weighted by Gasteiger charge is -2.36. The number of hydrogen-bond acceptors (Lipinski definition) is 3. The van der Waals surface area contributed by atoms with Gasteiger partial charge in [0.1, 0.15) is 0 Å². The Morgan fingerprint density at radius 1 is 1.25 bits per heavy atom. The lowest BCUT2D eigenvalue weighted by Crippen LogP contribution is -2.48. The van der Waals surface area contributed by atoms with Crippen molar-refractivity contribution in [3.8, 4) is 0 Å². The molecule has 0 spiro atoms. The summed E-state index contributed by atoms with van der Waals surface area (Å²) in [5.41, 5.74) is 1.27. The fraction of sp³-hybridized carbons (Fsp3) is 0.588. The predicted octanol–water partition coefficient (Wildman–Crippen LogP) is 3.58. The van der Waals surface area contributed by atoms with E-state index < -0.39 is 0 Å². The van der Waals surface area contributed by atoms with Gasteiger partial charge in [-0.2, -0.15) is 11.8 Å². The van der Waals surface area contributed by atoms with Crippen LogP contribution >= 0.6 is 47.3 Å². The summed E-state index contributed by atoms with van der Waals surface area (Å²) in [6, 6.07) is 7.98. The van der Waals surface area contributed by atoms with Crippen LogP contribution in [-0.4, -0.2) is 50.3 Å². The van der Waals surface area contributed by atoms with Gasteiger partial charge >= 0.3 is 0 Å². The molecule has 1 aliphatic heterocycles.